The number of carbonyl (C=O) groups is 1. The molecule has 0 spiro atoms. The Morgan fingerprint density at radius 2 is 1.91 bits per heavy atom. The van der Waals surface area contributed by atoms with Crippen LogP contribution < -0.4 is 5.32 Å². The van der Waals surface area contributed by atoms with Crippen molar-refractivity contribution in [3.05, 3.63) is 66.2 Å². The standard InChI is InChI=1S/C23H26N6O2S/c1-15(2)29-20(10-12-24-29)25-22(30)17(4)32-23-27-26-21(19-11-13-31-16(19)3)28(23)14-18-8-6-5-7-9-18/h5-13,15,17H,14H2,1-4H3,(H,25,30). The van der Waals surface area contributed by atoms with Gasteiger partial charge in [-0.2, -0.15) is 5.10 Å². The van der Waals surface area contributed by atoms with E-state index in [2.05, 4.69) is 32.7 Å². The number of aromatic nitrogens is 5. The number of anilines is 1. The molecule has 0 aliphatic carbocycles. The van der Waals surface area contributed by atoms with E-state index in [1.165, 1.54) is 11.8 Å². The van der Waals surface area contributed by atoms with Crippen LogP contribution >= 0.6 is 11.8 Å². The average Bonchev–Trinajstić information content (AvgIpc) is 3.50. The van der Waals surface area contributed by atoms with Crippen LogP contribution in [0.2, 0.25) is 0 Å². The smallest absolute Gasteiger partial charge is 0.238 e. The summed E-state index contributed by atoms with van der Waals surface area (Å²) in [5.74, 6) is 2.05. The molecule has 0 aliphatic heterocycles. The molecule has 166 valence electrons. The summed E-state index contributed by atoms with van der Waals surface area (Å²) in [7, 11) is 0. The lowest BCUT2D eigenvalue weighted by molar-refractivity contribution is -0.115. The summed E-state index contributed by atoms with van der Waals surface area (Å²) in [4.78, 5) is 12.9. The van der Waals surface area contributed by atoms with Gasteiger partial charge in [0.15, 0.2) is 11.0 Å². The number of nitrogens with zero attached hydrogens (tertiary/aromatic N) is 5. The van der Waals surface area contributed by atoms with Crippen molar-refractivity contribution in [3.63, 3.8) is 0 Å². The van der Waals surface area contributed by atoms with Crippen LogP contribution in [0.4, 0.5) is 5.82 Å². The van der Waals surface area contributed by atoms with E-state index in [-0.39, 0.29) is 17.2 Å². The molecule has 0 saturated heterocycles. The molecule has 3 heterocycles. The Morgan fingerprint density at radius 1 is 1.12 bits per heavy atom. The Kier molecular flexibility index (Phi) is 6.45. The van der Waals surface area contributed by atoms with E-state index in [1.807, 2.05) is 56.5 Å². The predicted molar refractivity (Wildman–Crippen MR) is 125 cm³/mol. The van der Waals surface area contributed by atoms with Crippen LogP contribution in [0.15, 0.2) is 64.5 Å². The molecule has 1 atom stereocenters. The van der Waals surface area contributed by atoms with Crippen molar-refractivity contribution < 1.29 is 9.21 Å². The van der Waals surface area contributed by atoms with Crippen molar-refractivity contribution in [1.82, 2.24) is 24.5 Å². The summed E-state index contributed by atoms with van der Waals surface area (Å²) >= 11 is 1.37. The molecule has 1 N–H and O–H groups in total. The maximum absolute atomic E-state index is 12.9. The molecule has 1 aromatic carbocycles. The van der Waals surface area contributed by atoms with Crippen molar-refractivity contribution >= 4 is 23.5 Å². The van der Waals surface area contributed by atoms with E-state index in [1.54, 1.807) is 23.2 Å². The molecular weight excluding hydrogens is 424 g/mol. The van der Waals surface area contributed by atoms with Gasteiger partial charge in [0.2, 0.25) is 5.91 Å². The van der Waals surface area contributed by atoms with E-state index in [0.717, 1.165) is 16.9 Å². The van der Waals surface area contributed by atoms with Gasteiger partial charge in [-0.15, -0.1) is 10.2 Å². The lowest BCUT2D eigenvalue weighted by Crippen LogP contribution is -2.25. The Labute approximate surface area is 191 Å². The number of nitrogens with one attached hydrogen (secondary N) is 1. The molecular formula is C23H26N6O2S. The zero-order valence-electron chi connectivity index (χ0n) is 18.5. The van der Waals surface area contributed by atoms with Crippen molar-refractivity contribution in [3.8, 4) is 11.4 Å². The van der Waals surface area contributed by atoms with Gasteiger partial charge in [-0.25, -0.2) is 4.68 Å². The highest BCUT2D eigenvalue weighted by Crippen LogP contribution is 2.30. The van der Waals surface area contributed by atoms with Crippen molar-refractivity contribution in [2.45, 2.75) is 50.7 Å². The summed E-state index contributed by atoms with van der Waals surface area (Å²) in [6.45, 7) is 8.39. The molecule has 0 fully saturated rings. The van der Waals surface area contributed by atoms with Crippen molar-refractivity contribution in [2.75, 3.05) is 5.32 Å². The minimum atomic E-state index is -0.387. The van der Waals surface area contributed by atoms with Gasteiger partial charge >= 0.3 is 0 Å². The second-order valence-electron chi connectivity index (χ2n) is 7.77. The van der Waals surface area contributed by atoms with E-state index < -0.39 is 0 Å². The van der Waals surface area contributed by atoms with E-state index in [4.69, 9.17) is 4.42 Å². The predicted octanol–water partition coefficient (Wildman–Crippen LogP) is 4.79. The zero-order chi connectivity index (χ0) is 22.7. The lowest BCUT2D eigenvalue weighted by atomic mass is 10.2. The fourth-order valence-electron chi connectivity index (χ4n) is 3.36. The average molecular weight is 451 g/mol. The quantitative estimate of drug-likeness (QED) is 0.388. The van der Waals surface area contributed by atoms with Crippen LogP contribution in [0.5, 0.6) is 0 Å². The Bertz CT molecular complexity index is 1190. The molecule has 1 amide bonds. The first-order valence-corrected chi connectivity index (χ1v) is 11.3. The molecule has 0 aliphatic rings. The molecule has 9 heteroatoms. The first kappa shape index (κ1) is 21.9. The van der Waals surface area contributed by atoms with E-state index >= 15 is 0 Å². The Balaban J connectivity index is 1.58. The third kappa shape index (κ3) is 4.62. The van der Waals surface area contributed by atoms with Gasteiger partial charge in [0.25, 0.3) is 0 Å². The minimum absolute atomic E-state index is 0.118. The third-order valence-electron chi connectivity index (χ3n) is 5.06. The topological polar surface area (TPSA) is 90.8 Å². The maximum atomic E-state index is 12.9. The SMILES string of the molecule is Cc1occc1-c1nnc(SC(C)C(=O)Nc2ccnn2C(C)C)n1Cc1ccccc1. The van der Waals surface area contributed by atoms with Crippen LogP contribution in [0.25, 0.3) is 11.4 Å². The van der Waals surface area contributed by atoms with E-state index in [0.29, 0.717) is 23.3 Å². The fourth-order valence-corrected chi connectivity index (χ4v) is 4.21. The number of rotatable bonds is 8. The number of hydrogen-bond donors (Lipinski definition) is 1. The molecule has 8 nitrogen and oxygen atoms in total. The fraction of sp³-hybridized carbons (Fsp3) is 0.304. The molecule has 1 unspecified atom stereocenters. The second kappa shape index (κ2) is 9.44. The summed E-state index contributed by atoms with van der Waals surface area (Å²) in [6, 6.07) is 13.9. The zero-order valence-corrected chi connectivity index (χ0v) is 19.3. The van der Waals surface area contributed by atoms with Crippen LogP contribution in [0, 0.1) is 6.92 Å². The highest BCUT2D eigenvalue weighted by Gasteiger charge is 2.23. The number of carbonyl (C=O) groups excluding carboxylic acids is 1. The number of furan rings is 1. The number of aryl methyl sites for hydroxylation is 1. The van der Waals surface area contributed by atoms with Gasteiger partial charge in [-0.1, -0.05) is 42.1 Å². The van der Waals surface area contributed by atoms with Gasteiger partial charge in [0.1, 0.15) is 11.6 Å². The first-order chi connectivity index (χ1) is 15.4. The molecule has 32 heavy (non-hydrogen) atoms. The van der Waals surface area contributed by atoms with Crippen molar-refractivity contribution in [1.29, 1.82) is 0 Å². The minimum Gasteiger partial charge on any atom is -0.469 e. The normalized spacial score (nSPS) is 12.3. The van der Waals surface area contributed by atoms with Crippen LogP contribution in [0.1, 0.15) is 38.1 Å². The Morgan fingerprint density at radius 3 is 2.59 bits per heavy atom. The molecule has 0 radical (unpaired) electrons. The second-order valence-corrected chi connectivity index (χ2v) is 9.08. The number of hydrogen-bond acceptors (Lipinski definition) is 6. The monoisotopic (exact) mass is 450 g/mol. The molecule has 0 saturated carbocycles. The van der Waals surface area contributed by atoms with E-state index in [9.17, 15) is 4.79 Å². The molecule has 4 rings (SSSR count). The Hall–Kier alpha value is -3.33. The maximum Gasteiger partial charge on any atom is 0.238 e. The van der Waals surface area contributed by atoms with Gasteiger partial charge in [-0.3, -0.25) is 9.36 Å². The summed E-state index contributed by atoms with van der Waals surface area (Å²) in [5, 5.41) is 16.4. The summed E-state index contributed by atoms with van der Waals surface area (Å²) < 4.78 is 9.29. The molecule has 0 bridgehead atoms. The lowest BCUT2D eigenvalue weighted by Gasteiger charge is -2.15. The summed E-state index contributed by atoms with van der Waals surface area (Å²) in [6.07, 6.45) is 3.33. The molecule has 4 aromatic rings. The number of benzene rings is 1. The van der Waals surface area contributed by atoms with Gasteiger partial charge in [0, 0.05) is 12.1 Å². The van der Waals surface area contributed by atoms with Gasteiger partial charge < -0.3 is 9.73 Å². The van der Waals surface area contributed by atoms with Crippen molar-refractivity contribution in [2.24, 2.45) is 0 Å². The van der Waals surface area contributed by atoms with Gasteiger partial charge in [0.05, 0.1) is 29.8 Å². The summed E-state index contributed by atoms with van der Waals surface area (Å²) in [5.41, 5.74) is 2.01. The number of thioether (sulfide) groups is 1. The molecule has 3 aromatic heterocycles. The largest absolute Gasteiger partial charge is 0.469 e. The van der Waals surface area contributed by atoms with Gasteiger partial charge in [-0.05, 0) is 39.3 Å². The highest BCUT2D eigenvalue weighted by atomic mass is 32.2. The van der Waals surface area contributed by atoms with Crippen LogP contribution in [-0.4, -0.2) is 35.7 Å². The highest BCUT2D eigenvalue weighted by molar-refractivity contribution is 8.00. The van der Waals surface area contributed by atoms with Crippen LogP contribution in [-0.2, 0) is 11.3 Å². The first-order valence-electron chi connectivity index (χ1n) is 10.5. The third-order valence-corrected chi connectivity index (χ3v) is 6.14. The number of amides is 1. The van der Waals surface area contributed by atoms with Crippen LogP contribution in [0.3, 0.4) is 0 Å².